The quantitative estimate of drug-likeness (QED) is 0.772. The summed E-state index contributed by atoms with van der Waals surface area (Å²) in [6.45, 7) is 6.01. The Morgan fingerprint density at radius 3 is 2.75 bits per heavy atom. The first-order valence-corrected chi connectivity index (χ1v) is 7.62. The minimum absolute atomic E-state index is 0.288. The van der Waals surface area contributed by atoms with Gasteiger partial charge in [-0.25, -0.2) is 9.48 Å². The van der Waals surface area contributed by atoms with Crippen molar-refractivity contribution in [3.05, 3.63) is 59.2 Å². The highest BCUT2D eigenvalue weighted by Gasteiger charge is 2.10. The van der Waals surface area contributed by atoms with Gasteiger partial charge in [0.1, 0.15) is 5.76 Å². The number of aryl methyl sites for hydroxylation is 3. The molecule has 0 saturated heterocycles. The van der Waals surface area contributed by atoms with E-state index in [0.29, 0.717) is 18.0 Å². The standard InChI is InChI=1S/C17H19N5O2/c1-11-7-8-19-22(11)15-6-4-5-14(9-15)20-17(23)18-10-16-12(2)21-24-13(16)3/h4-9H,10H2,1-3H3,(H2,18,20,23). The van der Waals surface area contributed by atoms with Crippen molar-refractivity contribution in [2.45, 2.75) is 27.3 Å². The molecule has 0 atom stereocenters. The number of anilines is 1. The molecule has 7 nitrogen and oxygen atoms in total. The van der Waals surface area contributed by atoms with Crippen LogP contribution in [0.2, 0.25) is 0 Å². The number of hydrogen-bond acceptors (Lipinski definition) is 4. The van der Waals surface area contributed by atoms with E-state index < -0.39 is 0 Å². The van der Waals surface area contributed by atoms with Crippen LogP contribution < -0.4 is 10.6 Å². The van der Waals surface area contributed by atoms with Crippen LogP contribution in [0.4, 0.5) is 10.5 Å². The number of hydrogen-bond donors (Lipinski definition) is 2. The Morgan fingerprint density at radius 2 is 2.08 bits per heavy atom. The van der Waals surface area contributed by atoms with Gasteiger partial charge in [0.25, 0.3) is 0 Å². The molecule has 7 heteroatoms. The van der Waals surface area contributed by atoms with Crippen molar-refractivity contribution < 1.29 is 9.32 Å². The summed E-state index contributed by atoms with van der Waals surface area (Å²) in [5.74, 6) is 0.712. The van der Waals surface area contributed by atoms with Gasteiger partial charge in [-0.1, -0.05) is 11.2 Å². The van der Waals surface area contributed by atoms with Crippen LogP contribution in [0.25, 0.3) is 5.69 Å². The van der Waals surface area contributed by atoms with E-state index in [4.69, 9.17) is 4.52 Å². The van der Waals surface area contributed by atoms with Crippen molar-refractivity contribution in [2.75, 3.05) is 5.32 Å². The monoisotopic (exact) mass is 325 g/mol. The molecule has 0 aliphatic rings. The lowest BCUT2D eigenvalue weighted by molar-refractivity contribution is 0.251. The highest BCUT2D eigenvalue weighted by molar-refractivity contribution is 5.89. The zero-order chi connectivity index (χ0) is 17.1. The Labute approximate surface area is 139 Å². The van der Waals surface area contributed by atoms with Crippen molar-refractivity contribution in [3.8, 4) is 5.69 Å². The van der Waals surface area contributed by atoms with Crippen LogP contribution in [0.5, 0.6) is 0 Å². The molecule has 0 unspecified atom stereocenters. The third-order valence-corrected chi connectivity index (χ3v) is 3.79. The van der Waals surface area contributed by atoms with Crippen LogP contribution in [0, 0.1) is 20.8 Å². The van der Waals surface area contributed by atoms with Gasteiger partial charge in [-0.05, 0) is 45.0 Å². The Bertz CT molecular complexity index is 846. The number of carbonyl (C=O) groups is 1. The maximum Gasteiger partial charge on any atom is 0.319 e. The molecule has 2 aromatic heterocycles. The molecule has 3 rings (SSSR count). The van der Waals surface area contributed by atoms with Gasteiger partial charge in [0, 0.05) is 29.7 Å². The van der Waals surface area contributed by atoms with Crippen LogP contribution in [0.3, 0.4) is 0 Å². The fourth-order valence-corrected chi connectivity index (χ4v) is 2.45. The zero-order valence-corrected chi connectivity index (χ0v) is 13.8. The summed E-state index contributed by atoms with van der Waals surface area (Å²) in [5, 5.41) is 13.8. The molecule has 2 heterocycles. The average molecular weight is 325 g/mol. The van der Waals surface area contributed by atoms with Crippen LogP contribution in [0.15, 0.2) is 41.1 Å². The average Bonchev–Trinajstić information content (AvgIpc) is 3.12. The molecule has 2 N–H and O–H groups in total. The summed E-state index contributed by atoms with van der Waals surface area (Å²) in [6.07, 6.45) is 1.74. The normalized spacial score (nSPS) is 10.6. The molecule has 0 fully saturated rings. The van der Waals surface area contributed by atoms with Crippen molar-refractivity contribution in [1.29, 1.82) is 0 Å². The fourth-order valence-electron chi connectivity index (χ4n) is 2.45. The minimum Gasteiger partial charge on any atom is -0.361 e. The Hall–Kier alpha value is -3.09. The smallest absolute Gasteiger partial charge is 0.319 e. The second-order valence-corrected chi connectivity index (χ2v) is 5.55. The number of nitrogens with one attached hydrogen (secondary N) is 2. The van der Waals surface area contributed by atoms with Gasteiger partial charge in [-0.2, -0.15) is 5.10 Å². The molecule has 124 valence electrons. The molecule has 0 spiro atoms. The van der Waals surface area contributed by atoms with E-state index in [1.165, 1.54) is 0 Å². The summed E-state index contributed by atoms with van der Waals surface area (Å²) in [6, 6.07) is 9.15. The van der Waals surface area contributed by atoms with Gasteiger partial charge in [-0.3, -0.25) is 0 Å². The van der Waals surface area contributed by atoms with Crippen molar-refractivity contribution in [1.82, 2.24) is 20.3 Å². The number of carbonyl (C=O) groups excluding carboxylic acids is 1. The lowest BCUT2D eigenvalue weighted by Crippen LogP contribution is -2.28. The number of amides is 2. The summed E-state index contributed by atoms with van der Waals surface area (Å²) in [7, 11) is 0. The SMILES string of the molecule is Cc1noc(C)c1CNC(=O)Nc1cccc(-n2nccc2C)c1. The topological polar surface area (TPSA) is 85.0 Å². The van der Waals surface area contributed by atoms with E-state index in [9.17, 15) is 4.79 Å². The third kappa shape index (κ3) is 3.29. The number of urea groups is 1. The molecule has 1 aromatic carbocycles. The Morgan fingerprint density at radius 1 is 1.25 bits per heavy atom. The van der Waals surface area contributed by atoms with Crippen LogP contribution in [0.1, 0.15) is 22.7 Å². The molecule has 0 radical (unpaired) electrons. The lowest BCUT2D eigenvalue weighted by Gasteiger charge is -2.10. The molecule has 3 aromatic rings. The largest absolute Gasteiger partial charge is 0.361 e. The third-order valence-electron chi connectivity index (χ3n) is 3.79. The van der Waals surface area contributed by atoms with Crippen molar-refractivity contribution in [2.24, 2.45) is 0 Å². The van der Waals surface area contributed by atoms with Crippen LogP contribution in [-0.4, -0.2) is 21.0 Å². The molecule has 24 heavy (non-hydrogen) atoms. The first-order valence-electron chi connectivity index (χ1n) is 7.62. The minimum atomic E-state index is -0.288. The van der Waals surface area contributed by atoms with E-state index >= 15 is 0 Å². The van der Waals surface area contributed by atoms with E-state index in [1.54, 1.807) is 6.20 Å². The van der Waals surface area contributed by atoms with Crippen LogP contribution in [-0.2, 0) is 6.54 Å². The van der Waals surface area contributed by atoms with E-state index in [0.717, 1.165) is 22.6 Å². The highest BCUT2D eigenvalue weighted by Crippen LogP contribution is 2.16. The Balaban J connectivity index is 1.66. The fraction of sp³-hybridized carbons (Fsp3) is 0.235. The van der Waals surface area contributed by atoms with E-state index in [-0.39, 0.29) is 6.03 Å². The maximum absolute atomic E-state index is 12.1. The number of aromatic nitrogens is 3. The molecule has 0 bridgehead atoms. The number of rotatable bonds is 4. The predicted molar refractivity (Wildman–Crippen MR) is 90.1 cm³/mol. The highest BCUT2D eigenvalue weighted by atomic mass is 16.5. The van der Waals surface area contributed by atoms with Gasteiger partial charge in [0.15, 0.2) is 0 Å². The summed E-state index contributed by atoms with van der Waals surface area (Å²) < 4.78 is 6.90. The second-order valence-electron chi connectivity index (χ2n) is 5.55. The molecular weight excluding hydrogens is 306 g/mol. The van der Waals surface area contributed by atoms with Crippen LogP contribution >= 0.6 is 0 Å². The molecule has 0 saturated carbocycles. The van der Waals surface area contributed by atoms with Gasteiger partial charge in [0.2, 0.25) is 0 Å². The van der Waals surface area contributed by atoms with E-state index in [1.807, 2.05) is 55.8 Å². The van der Waals surface area contributed by atoms with Gasteiger partial charge >= 0.3 is 6.03 Å². The van der Waals surface area contributed by atoms with Gasteiger partial charge in [-0.15, -0.1) is 0 Å². The maximum atomic E-state index is 12.1. The lowest BCUT2D eigenvalue weighted by atomic mass is 10.2. The second kappa shape index (κ2) is 6.57. The zero-order valence-electron chi connectivity index (χ0n) is 13.8. The first-order chi connectivity index (χ1) is 11.5. The Kier molecular flexibility index (Phi) is 4.33. The molecule has 0 aliphatic carbocycles. The number of nitrogens with zero attached hydrogens (tertiary/aromatic N) is 3. The first kappa shape index (κ1) is 15.8. The van der Waals surface area contributed by atoms with Crippen molar-refractivity contribution in [3.63, 3.8) is 0 Å². The summed E-state index contributed by atoms with van der Waals surface area (Å²) in [5.41, 5.74) is 4.28. The molecule has 0 aliphatic heterocycles. The molecular formula is C17H19N5O2. The predicted octanol–water partition coefficient (Wildman–Crippen LogP) is 3.11. The molecule has 2 amide bonds. The summed E-state index contributed by atoms with van der Waals surface area (Å²) >= 11 is 0. The van der Waals surface area contributed by atoms with Crippen molar-refractivity contribution >= 4 is 11.7 Å². The summed E-state index contributed by atoms with van der Waals surface area (Å²) in [4.78, 5) is 12.1. The van der Waals surface area contributed by atoms with Gasteiger partial charge < -0.3 is 15.2 Å². The van der Waals surface area contributed by atoms with E-state index in [2.05, 4.69) is 20.9 Å². The number of benzene rings is 1. The van der Waals surface area contributed by atoms with Gasteiger partial charge in [0.05, 0.1) is 11.4 Å².